The summed E-state index contributed by atoms with van der Waals surface area (Å²) in [6.45, 7) is 8.90. The molecule has 1 N–H and O–H groups in total. The summed E-state index contributed by atoms with van der Waals surface area (Å²) in [7, 11) is 0. The van der Waals surface area contributed by atoms with Gasteiger partial charge in [-0.05, 0) is 33.3 Å². The highest BCUT2D eigenvalue weighted by Gasteiger charge is 2.50. The van der Waals surface area contributed by atoms with Crippen LogP contribution in [0.5, 0.6) is 0 Å². The summed E-state index contributed by atoms with van der Waals surface area (Å²) in [6, 6.07) is 7.18. The number of allylic oxidation sites excluding steroid dienone is 1. The topological polar surface area (TPSA) is 64.6 Å². The summed E-state index contributed by atoms with van der Waals surface area (Å²) < 4.78 is 10.7. The van der Waals surface area contributed by atoms with Crippen molar-refractivity contribution < 1.29 is 19.1 Å². The molecular weight excluding hydrogens is 282 g/mol. The van der Waals surface area contributed by atoms with Crippen molar-refractivity contribution in [1.29, 1.82) is 0 Å². The number of benzene rings is 1. The smallest absolute Gasteiger partial charge is 0.429 e. The first-order chi connectivity index (χ1) is 10.3. The van der Waals surface area contributed by atoms with E-state index in [1.807, 2.05) is 6.07 Å². The van der Waals surface area contributed by atoms with Crippen molar-refractivity contribution in [2.45, 2.75) is 44.8 Å². The molecule has 1 amide bonds. The maximum Gasteiger partial charge on any atom is 0.510 e. The van der Waals surface area contributed by atoms with Gasteiger partial charge in [0, 0.05) is 17.7 Å². The molecule has 1 atom stereocenters. The predicted molar refractivity (Wildman–Crippen MR) is 83.5 cm³/mol. The normalized spacial score (nSPS) is 20.0. The zero-order valence-electron chi connectivity index (χ0n) is 13.1. The van der Waals surface area contributed by atoms with Gasteiger partial charge in [-0.15, -0.1) is 6.58 Å². The molecule has 0 saturated carbocycles. The van der Waals surface area contributed by atoms with Crippen molar-refractivity contribution in [3.8, 4) is 0 Å². The molecule has 5 heteroatoms. The molecule has 22 heavy (non-hydrogen) atoms. The number of para-hydroxylation sites is 1. The largest absolute Gasteiger partial charge is 0.510 e. The van der Waals surface area contributed by atoms with Gasteiger partial charge in [0.2, 0.25) is 5.60 Å². The van der Waals surface area contributed by atoms with Crippen LogP contribution in [-0.4, -0.2) is 17.7 Å². The second kappa shape index (κ2) is 5.83. The summed E-state index contributed by atoms with van der Waals surface area (Å²) >= 11 is 0. The van der Waals surface area contributed by atoms with Crippen molar-refractivity contribution >= 4 is 17.7 Å². The number of amides is 1. The SMILES string of the molecule is C=CCCC1(OC(=O)OC(C)(C)C)C(=O)Nc2ccccc21. The fraction of sp³-hybridized carbons (Fsp3) is 0.412. The van der Waals surface area contributed by atoms with E-state index in [-0.39, 0.29) is 5.91 Å². The molecular formula is C17H21NO4. The van der Waals surface area contributed by atoms with Crippen molar-refractivity contribution in [1.82, 2.24) is 0 Å². The van der Waals surface area contributed by atoms with Crippen LogP contribution in [0, 0.1) is 0 Å². The van der Waals surface area contributed by atoms with Gasteiger partial charge >= 0.3 is 6.16 Å². The average Bonchev–Trinajstić information content (AvgIpc) is 2.67. The van der Waals surface area contributed by atoms with E-state index in [4.69, 9.17) is 9.47 Å². The van der Waals surface area contributed by atoms with Crippen molar-refractivity contribution in [2.24, 2.45) is 0 Å². The van der Waals surface area contributed by atoms with E-state index in [9.17, 15) is 9.59 Å². The molecule has 1 aliphatic rings. The third kappa shape index (κ3) is 3.13. The molecule has 1 aromatic rings. The van der Waals surface area contributed by atoms with Gasteiger partial charge in [-0.25, -0.2) is 4.79 Å². The van der Waals surface area contributed by atoms with Gasteiger partial charge in [-0.3, -0.25) is 4.79 Å². The zero-order valence-corrected chi connectivity index (χ0v) is 13.1. The van der Waals surface area contributed by atoms with Crippen LogP contribution < -0.4 is 5.32 Å². The molecule has 118 valence electrons. The van der Waals surface area contributed by atoms with E-state index >= 15 is 0 Å². The average molecular weight is 303 g/mol. The van der Waals surface area contributed by atoms with Gasteiger partial charge in [0.25, 0.3) is 5.91 Å². The Morgan fingerprint density at radius 3 is 2.68 bits per heavy atom. The Hall–Kier alpha value is -2.30. The fourth-order valence-electron chi connectivity index (χ4n) is 2.41. The standard InChI is InChI=1S/C17H21NO4/c1-5-6-11-17(22-15(20)21-16(2,3)4)12-9-7-8-10-13(12)18-14(17)19/h5,7-10H,1,6,11H2,2-4H3,(H,18,19). The molecule has 0 spiro atoms. The Labute approximate surface area is 130 Å². The lowest BCUT2D eigenvalue weighted by Gasteiger charge is -2.28. The van der Waals surface area contributed by atoms with E-state index < -0.39 is 17.4 Å². The number of ether oxygens (including phenoxy) is 2. The van der Waals surface area contributed by atoms with Crippen molar-refractivity contribution in [3.63, 3.8) is 0 Å². The number of fused-ring (bicyclic) bond motifs is 1. The highest BCUT2D eigenvalue weighted by atomic mass is 16.7. The predicted octanol–water partition coefficient (Wildman–Crippen LogP) is 3.75. The van der Waals surface area contributed by atoms with E-state index in [1.54, 1.807) is 45.0 Å². The maximum absolute atomic E-state index is 12.5. The van der Waals surface area contributed by atoms with Crippen LogP contribution in [-0.2, 0) is 19.9 Å². The minimum absolute atomic E-state index is 0.318. The molecule has 5 nitrogen and oxygen atoms in total. The minimum atomic E-state index is -1.37. The Kier molecular flexibility index (Phi) is 4.26. The molecule has 2 rings (SSSR count). The van der Waals surface area contributed by atoms with Crippen LogP contribution in [0.25, 0.3) is 0 Å². The van der Waals surface area contributed by atoms with Gasteiger partial charge < -0.3 is 14.8 Å². The molecule has 0 saturated heterocycles. The molecule has 0 aromatic heterocycles. The molecule has 0 radical (unpaired) electrons. The molecule has 1 aliphatic heterocycles. The van der Waals surface area contributed by atoms with Crippen LogP contribution in [0.1, 0.15) is 39.2 Å². The summed E-state index contributed by atoms with van der Waals surface area (Å²) in [6.07, 6.45) is 1.68. The summed E-state index contributed by atoms with van der Waals surface area (Å²) in [4.78, 5) is 24.6. The Balaban J connectivity index is 2.35. The second-order valence-corrected chi connectivity index (χ2v) is 6.22. The lowest BCUT2D eigenvalue weighted by atomic mass is 9.90. The minimum Gasteiger partial charge on any atom is -0.429 e. The zero-order chi connectivity index (χ0) is 16.4. The molecule has 1 heterocycles. The van der Waals surface area contributed by atoms with Crippen LogP contribution in [0.2, 0.25) is 0 Å². The van der Waals surface area contributed by atoms with Gasteiger partial charge in [0.15, 0.2) is 0 Å². The number of anilines is 1. The van der Waals surface area contributed by atoms with Crippen molar-refractivity contribution in [2.75, 3.05) is 5.32 Å². The first-order valence-electron chi connectivity index (χ1n) is 7.22. The highest BCUT2D eigenvalue weighted by molar-refractivity contribution is 6.05. The molecule has 1 unspecified atom stereocenters. The highest BCUT2D eigenvalue weighted by Crippen LogP contribution is 2.42. The van der Waals surface area contributed by atoms with Crippen LogP contribution >= 0.6 is 0 Å². The van der Waals surface area contributed by atoms with E-state index in [0.29, 0.717) is 24.1 Å². The second-order valence-electron chi connectivity index (χ2n) is 6.22. The number of nitrogens with one attached hydrogen (secondary N) is 1. The summed E-state index contributed by atoms with van der Waals surface area (Å²) in [5, 5.41) is 2.76. The third-order valence-electron chi connectivity index (χ3n) is 3.32. The lowest BCUT2D eigenvalue weighted by Crippen LogP contribution is -2.41. The Morgan fingerprint density at radius 1 is 1.36 bits per heavy atom. The summed E-state index contributed by atoms with van der Waals surface area (Å²) in [5.41, 5.74) is -0.758. The number of carbonyl (C=O) groups excluding carboxylic acids is 2. The van der Waals surface area contributed by atoms with E-state index in [2.05, 4.69) is 11.9 Å². The number of rotatable bonds is 4. The van der Waals surface area contributed by atoms with Crippen molar-refractivity contribution in [3.05, 3.63) is 42.5 Å². The van der Waals surface area contributed by atoms with Gasteiger partial charge in [0.1, 0.15) is 5.60 Å². The Morgan fingerprint density at radius 2 is 2.05 bits per heavy atom. The van der Waals surface area contributed by atoms with Crippen LogP contribution in [0.4, 0.5) is 10.5 Å². The monoisotopic (exact) mass is 303 g/mol. The van der Waals surface area contributed by atoms with Gasteiger partial charge in [-0.2, -0.15) is 0 Å². The molecule has 0 fully saturated rings. The Bertz CT molecular complexity index is 603. The molecule has 0 bridgehead atoms. The maximum atomic E-state index is 12.5. The molecule has 1 aromatic carbocycles. The van der Waals surface area contributed by atoms with Crippen LogP contribution in [0.3, 0.4) is 0 Å². The van der Waals surface area contributed by atoms with Crippen LogP contribution in [0.15, 0.2) is 36.9 Å². The quantitative estimate of drug-likeness (QED) is 0.679. The van der Waals surface area contributed by atoms with Gasteiger partial charge in [0.05, 0.1) is 0 Å². The van der Waals surface area contributed by atoms with E-state index in [1.165, 1.54) is 0 Å². The lowest BCUT2D eigenvalue weighted by molar-refractivity contribution is -0.140. The summed E-state index contributed by atoms with van der Waals surface area (Å²) in [5.74, 6) is -0.360. The molecule has 0 aliphatic carbocycles. The number of carbonyl (C=O) groups is 2. The first kappa shape index (κ1) is 16.1. The number of hydrogen-bond donors (Lipinski definition) is 1. The van der Waals surface area contributed by atoms with Gasteiger partial charge in [-0.1, -0.05) is 24.3 Å². The number of hydrogen-bond acceptors (Lipinski definition) is 4. The third-order valence-corrected chi connectivity index (χ3v) is 3.32. The first-order valence-corrected chi connectivity index (χ1v) is 7.22. The fourth-order valence-corrected chi connectivity index (χ4v) is 2.41. The van der Waals surface area contributed by atoms with E-state index in [0.717, 1.165) is 0 Å².